The standard InChI is InChI=1S/C44H38N7O20P3/c1-23(49-41-40-42(47-21-46-41)50(22-48-40)38-19-34(54)37(69-38)20-67-74(64,66-3)71-73(62,63)70-72(60,61)65-2)28-10-6-24(15-33(28)51(58)59)5-4-14-45-43(55)25-7-11-29(44(56)57)32(16-25)39-30-12-8-26(52)17-35(30)68-36-18-27(53)9-13-31(36)39/h6-13,15-18,21-23,38,52,54H,14,19-20H2,1-3H3,(H,45,55)(H,56,57)(H,60,61)(H,62,63)(H,46,47,49)/t23?,38-,74?/m1/s1. The topological polar surface area (TPSA) is 383 Å². The number of rotatable bonds is 18. The summed E-state index contributed by atoms with van der Waals surface area (Å²) in [6.07, 6.45) is 1.23. The van der Waals surface area contributed by atoms with Gasteiger partial charge in [-0.3, -0.25) is 37.8 Å². The minimum atomic E-state index is -5.58. The number of phenols is 1. The van der Waals surface area contributed by atoms with E-state index in [2.05, 4.69) is 55.1 Å². The monoisotopic (exact) mass is 1080 g/mol. The first kappa shape index (κ1) is 52.5. The number of phenolic OH excluding ortho intramolecular Hbond substituents is 1. The van der Waals surface area contributed by atoms with Crippen molar-refractivity contribution in [1.82, 2.24) is 24.8 Å². The number of aromatic hydroxyl groups is 1. The van der Waals surface area contributed by atoms with Gasteiger partial charge in [0.15, 0.2) is 34.4 Å². The van der Waals surface area contributed by atoms with Crippen LogP contribution >= 0.6 is 23.5 Å². The maximum atomic E-state index is 13.5. The van der Waals surface area contributed by atoms with E-state index in [0.29, 0.717) is 23.6 Å². The molecule has 2 aliphatic heterocycles. The Hall–Kier alpha value is -7.85. The summed E-state index contributed by atoms with van der Waals surface area (Å²) >= 11 is 0. The predicted octanol–water partition coefficient (Wildman–Crippen LogP) is 7.31. The number of carboxylic acids is 1. The average molecular weight is 1080 g/mol. The molecule has 8 rings (SSSR count). The van der Waals surface area contributed by atoms with Crippen LogP contribution < -0.4 is 16.1 Å². The molecule has 1 amide bonds. The number of fused-ring (bicyclic) bond motifs is 3. The smallest absolute Gasteiger partial charge is 0.490 e. The number of benzene rings is 4. The van der Waals surface area contributed by atoms with Crippen molar-refractivity contribution < 1.29 is 84.7 Å². The van der Waals surface area contributed by atoms with Crippen LogP contribution in [0.15, 0.2) is 106 Å². The van der Waals surface area contributed by atoms with Crippen molar-refractivity contribution in [2.75, 3.05) is 32.7 Å². The number of aromatic carboxylic acids is 1. The highest BCUT2D eigenvalue weighted by Crippen LogP contribution is 2.69. The van der Waals surface area contributed by atoms with Gasteiger partial charge >= 0.3 is 29.4 Å². The minimum absolute atomic E-state index is 0.0611. The molecule has 30 heteroatoms. The largest absolute Gasteiger partial charge is 0.508 e. The van der Waals surface area contributed by atoms with E-state index in [4.69, 9.17) is 13.7 Å². The number of anilines is 1. The Balaban J connectivity index is 0.936. The fourth-order valence-corrected chi connectivity index (χ4v) is 11.1. The molecule has 3 aliphatic rings. The van der Waals surface area contributed by atoms with Crippen LogP contribution in [0.3, 0.4) is 0 Å². The second-order valence-electron chi connectivity index (χ2n) is 15.6. The van der Waals surface area contributed by atoms with Gasteiger partial charge in [0, 0.05) is 60.1 Å². The molecule has 5 atom stereocenters. The van der Waals surface area contributed by atoms with E-state index in [-0.39, 0.29) is 91.7 Å². The predicted molar refractivity (Wildman–Crippen MR) is 257 cm³/mol. The molecule has 27 nitrogen and oxygen atoms in total. The Bertz CT molecular complexity index is 3700. The number of ether oxygens (including phenoxy) is 1. The summed E-state index contributed by atoms with van der Waals surface area (Å²) in [5.74, 6) is 3.04. The normalized spacial score (nSPS) is 16.4. The number of aliphatic hydroxyl groups is 1. The van der Waals surface area contributed by atoms with Crippen LogP contribution in [0.4, 0.5) is 11.5 Å². The van der Waals surface area contributed by atoms with E-state index in [1.165, 1.54) is 90.0 Å². The molecule has 384 valence electrons. The van der Waals surface area contributed by atoms with Crippen molar-refractivity contribution in [1.29, 1.82) is 0 Å². The van der Waals surface area contributed by atoms with Crippen LogP contribution in [0.1, 0.15) is 57.5 Å². The van der Waals surface area contributed by atoms with Gasteiger partial charge in [0.1, 0.15) is 42.1 Å². The molecule has 74 heavy (non-hydrogen) atoms. The Kier molecular flexibility index (Phi) is 14.8. The molecule has 4 heterocycles. The Labute approximate surface area is 415 Å². The van der Waals surface area contributed by atoms with Gasteiger partial charge in [-0.15, -0.1) is 0 Å². The number of nitro benzene ring substituents is 1. The number of carboxylic acid groups (broad SMARTS) is 1. The van der Waals surface area contributed by atoms with Crippen molar-refractivity contribution in [3.05, 3.63) is 140 Å². The van der Waals surface area contributed by atoms with Gasteiger partial charge < -0.3 is 44.9 Å². The van der Waals surface area contributed by atoms with Gasteiger partial charge in [0.25, 0.3) is 11.6 Å². The number of phosphoric ester groups is 2. The maximum Gasteiger partial charge on any atom is 0.490 e. The van der Waals surface area contributed by atoms with Crippen LogP contribution in [0.25, 0.3) is 44.6 Å². The number of hydrogen-bond acceptors (Lipinski definition) is 21. The van der Waals surface area contributed by atoms with Crippen molar-refractivity contribution in [3.8, 4) is 40.0 Å². The van der Waals surface area contributed by atoms with E-state index in [1.54, 1.807) is 6.92 Å². The molecule has 1 aliphatic carbocycles. The Morgan fingerprint density at radius 2 is 1.74 bits per heavy atom. The van der Waals surface area contributed by atoms with E-state index in [1.807, 2.05) is 0 Å². The van der Waals surface area contributed by atoms with Gasteiger partial charge in [-0.2, -0.15) is 8.62 Å². The van der Waals surface area contributed by atoms with Crippen LogP contribution in [0.5, 0.6) is 5.75 Å². The zero-order valence-corrected chi connectivity index (χ0v) is 41.0. The zero-order chi connectivity index (χ0) is 53.3. The fourth-order valence-electron chi connectivity index (χ4n) is 7.58. The van der Waals surface area contributed by atoms with Crippen molar-refractivity contribution in [3.63, 3.8) is 0 Å². The number of carbonyl (C=O) groups excluding carboxylic acids is 1. The molecule has 7 N–H and O–H groups in total. The molecule has 0 fully saturated rings. The number of carbonyl (C=O) groups is 2. The first-order valence-corrected chi connectivity index (χ1v) is 25.6. The SMILES string of the molecule is COP(=O)(O)OP(=O)(O)OP(=O)(OC)OCC1=C(O)C[C@H](n2cnc3c(NC(C)c4ccc(C#CCNC(=O)c5ccc(C(=O)O)c(-c6c7ccc(=O)cc-7oc7cc(O)ccc67)c5)cc4[N+](=O)[O-])ncnc32)O1. The van der Waals surface area contributed by atoms with E-state index < -0.39 is 64.9 Å². The summed E-state index contributed by atoms with van der Waals surface area (Å²) < 4.78 is 71.6. The van der Waals surface area contributed by atoms with Crippen molar-refractivity contribution >= 4 is 69.0 Å². The zero-order valence-electron chi connectivity index (χ0n) is 38.3. The average Bonchev–Trinajstić information content (AvgIpc) is 3.96. The highest BCUT2D eigenvalue weighted by molar-refractivity contribution is 7.67. The second-order valence-corrected chi connectivity index (χ2v) is 20.7. The quantitative estimate of drug-likeness (QED) is 0.0145. The van der Waals surface area contributed by atoms with Crippen molar-refractivity contribution in [2.45, 2.75) is 25.6 Å². The maximum absolute atomic E-state index is 13.5. The molecule has 0 saturated carbocycles. The summed E-state index contributed by atoms with van der Waals surface area (Å²) in [6.45, 7) is 0.547. The van der Waals surface area contributed by atoms with Gasteiger partial charge in [0.2, 0.25) is 0 Å². The van der Waals surface area contributed by atoms with Crippen LogP contribution in [0, 0.1) is 22.0 Å². The lowest BCUT2D eigenvalue weighted by molar-refractivity contribution is -0.385. The second kappa shape index (κ2) is 20.9. The summed E-state index contributed by atoms with van der Waals surface area (Å²) in [5, 5.41) is 49.5. The van der Waals surface area contributed by atoms with E-state index >= 15 is 0 Å². The number of nitrogens with one attached hydrogen (secondary N) is 2. The van der Waals surface area contributed by atoms with Crippen LogP contribution in [-0.4, -0.2) is 88.8 Å². The van der Waals surface area contributed by atoms with Gasteiger partial charge in [-0.05, 0) is 67.1 Å². The van der Waals surface area contributed by atoms with E-state index in [9.17, 15) is 63.3 Å². The van der Waals surface area contributed by atoms with Crippen molar-refractivity contribution in [2.24, 2.45) is 0 Å². The molecule has 4 unspecified atom stereocenters. The number of imidazole rings is 1. The Morgan fingerprint density at radius 3 is 2.47 bits per heavy atom. The van der Waals surface area contributed by atoms with Crippen LogP contribution in [0.2, 0.25) is 0 Å². The molecule has 0 spiro atoms. The lowest BCUT2D eigenvalue weighted by Crippen LogP contribution is -2.23. The van der Waals surface area contributed by atoms with E-state index in [0.717, 1.165) is 7.11 Å². The lowest BCUT2D eigenvalue weighted by Gasteiger charge is -2.20. The Morgan fingerprint density at radius 1 is 0.959 bits per heavy atom. The number of aromatic nitrogens is 4. The molecule has 0 bridgehead atoms. The third-order valence-electron chi connectivity index (χ3n) is 10.9. The number of nitrogens with zero attached hydrogens (tertiary/aromatic N) is 5. The molecule has 3 aromatic carbocycles. The molecule has 0 radical (unpaired) electrons. The molecule has 2 aromatic heterocycles. The lowest BCUT2D eigenvalue weighted by atomic mass is 9.89. The fraction of sp³-hybridized carbons (Fsp3) is 0.182. The number of nitro groups is 1. The van der Waals surface area contributed by atoms with Gasteiger partial charge in [-0.25, -0.2) is 33.4 Å². The first-order valence-electron chi connectivity index (χ1n) is 21.2. The first-order chi connectivity index (χ1) is 35.1. The number of phosphoric acid groups is 3. The third-order valence-corrected chi connectivity index (χ3v) is 15.6. The highest BCUT2D eigenvalue weighted by atomic mass is 31.3. The molecular weight excluding hydrogens is 1040 g/mol. The summed E-state index contributed by atoms with van der Waals surface area (Å²) in [7, 11) is -14.2. The van der Waals surface area contributed by atoms with Gasteiger partial charge in [-0.1, -0.05) is 11.8 Å². The number of aliphatic hydroxyl groups excluding tert-OH is 1. The summed E-state index contributed by atoms with van der Waals surface area (Å²) in [4.78, 5) is 82.0. The number of amides is 1. The van der Waals surface area contributed by atoms with Gasteiger partial charge in [0.05, 0.1) is 35.1 Å². The highest BCUT2D eigenvalue weighted by Gasteiger charge is 2.44. The molecular formula is C44H38N7O20P3. The molecule has 0 saturated heterocycles. The van der Waals surface area contributed by atoms with Crippen LogP contribution in [-0.2, 0) is 40.6 Å². The summed E-state index contributed by atoms with van der Waals surface area (Å²) in [5.41, 5.74) is 1.05. The summed E-state index contributed by atoms with van der Waals surface area (Å²) in [6, 6.07) is 15.7. The molecule has 5 aromatic rings. The minimum Gasteiger partial charge on any atom is -0.508 e. The third kappa shape index (κ3) is 11.3. The number of hydrogen-bond donors (Lipinski definition) is 7.